The monoisotopic (exact) mass is 806 g/mol. The lowest BCUT2D eigenvalue weighted by Gasteiger charge is -2.62. The Bertz CT molecular complexity index is 2310. The van der Waals surface area contributed by atoms with Crippen molar-refractivity contribution in [1.82, 2.24) is 0 Å². The van der Waals surface area contributed by atoms with E-state index in [4.69, 9.17) is 15.2 Å². The van der Waals surface area contributed by atoms with Crippen LogP contribution in [0.25, 0.3) is 10.8 Å². The van der Waals surface area contributed by atoms with Gasteiger partial charge in [0.2, 0.25) is 11.7 Å². The third kappa shape index (κ3) is 6.55. The number of rotatable bonds is 11. The van der Waals surface area contributed by atoms with E-state index >= 15 is 4.39 Å². The van der Waals surface area contributed by atoms with E-state index in [9.17, 15) is 34.2 Å². The number of amides is 1. The van der Waals surface area contributed by atoms with Gasteiger partial charge in [0.05, 0.1) is 23.9 Å². The number of hydrogen-bond acceptors (Lipinski definition) is 10. The van der Waals surface area contributed by atoms with Crippen molar-refractivity contribution < 1.29 is 48.0 Å². The van der Waals surface area contributed by atoms with E-state index in [1.54, 1.807) is 51.1 Å². The van der Waals surface area contributed by atoms with Crippen molar-refractivity contribution in [2.45, 2.75) is 82.8 Å². The van der Waals surface area contributed by atoms with Crippen LogP contribution in [-0.2, 0) is 40.1 Å². The normalized spacial score (nSPS) is 34.8. The van der Waals surface area contributed by atoms with Crippen molar-refractivity contribution >= 4 is 45.9 Å². The minimum Gasteiger partial charge on any atom is -0.461 e. The number of allylic oxidation sites excluding steroid dienone is 4. The molecule has 5 aliphatic rings. The number of carbonyl (C=O) groups excluding carboxylic acids is 5. The number of nitrogens with two attached hydrogens (primary N) is 1. The summed E-state index contributed by atoms with van der Waals surface area (Å²) in [5, 5.41) is 28.8. The van der Waals surface area contributed by atoms with Gasteiger partial charge < -0.3 is 30.7 Å². The fourth-order valence-electron chi connectivity index (χ4n) is 11.3. The van der Waals surface area contributed by atoms with Crippen molar-refractivity contribution in [3.8, 4) is 0 Å². The molecular weight excluding hydrogens is 756 g/mol. The number of benzene rings is 3. The number of ketones is 2. The fraction of sp³-hybridized carbons (Fsp3) is 0.468. The average Bonchev–Trinajstić information content (AvgIpc) is 4.00. The highest BCUT2D eigenvalue weighted by Gasteiger charge is 2.75. The number of alkyl halides is 1. The number of halogens is 1. The predicted molar refractivity (Wildman–Crippen MR) is 216 cm³/mol. The molecule has 1 amide bonds. The molecular formula is C47H51FN2O9. The second-order valence-electron chi connectivity index (χ2n) is 17.8. The van der Waals surface area contributed by atoms with Gasteiger partial charge >= 0.3 is 11.9 Å². The highest BCUT2D eigenvalue weighted by molar-refractivity contribution is 6.01. The molecule has 0 radical (unpaired) electrons. The summed E-state index contributed by atoms with van der Waals surface area (Å²) < 4.78 is 28.5. The van der Waals surface area contributed by atoms with Gasteiger partial charge in [-0.3, -0.25) is 24.0 Å². The molecule has 4 fully saturated rings. The van der Waals surface area contributed by atoms with Gasteiger partial charge in [0.15, 0.2) is 18.1 Å². The number of aliphatic hydroxyl groups is 2. The number of hydrogen-bond donors (Lipinski definition) is 4. The van der Waals surface area contributed by atoms with Gasteiger partial charge in [0.1, 0.15) is 12.2 Å². The van der Waals surface area contributed by atoms with Gasteiger partial charge in [-0.2, -0.15) is 0 Å². The maximum atomic E-state index is 17.5. The zero-order chi connectivity index (χ0) is 42.1. The summed E-state index contributed by atoms with van der Waals surface area (Å²) in [4.78, 5) is 65.5. The zero-order valence-electron chi connectivity index (χ0n) is 33.5. The maximum Gasteiger partial charge on any atom is 0.310 e. The molecule has 4 saturated carbocycles. The molecule has 11 atom stereocenters. The van der Waals surface area contributed by atoms with Gasteiger partial charge in [-0.15, -0.1) is 0 Å². The lowest BCUT2D eigenvalue weighted by molar-refractivity contribution is -0.220. The van der Waals surface area contributed by atoms with Crippen LogP contribution in [0.5, 0.6) is 0 Å². The molecule has 2 unspecified atom stereocenters. The smallest absolute Gasteiger partial charge is 0.310 e. The van der Waals surface area contributed by atoms with Crippen molar-refractivity contribution in [3.63, 3.8) is 0 Å². The SMILES string of the molecule is C[C@@H]1C[C@H]2[C@@H]3CCC4=CC(=O)C=C[C@]4(C)[C@@]3(F)[C@@H](O)C[C@]2(C)[C@@]1(O)C(=O)COC(=O)C1CC1C(=O)OCc1cccc([C@@H](CN)C(=O)Nc2ccc3ccccc3c2)c1. The summed E-state index contributed by atoms with van der Waals surface area (Å²) >= 11 is 0. The van der Waals surface area contributed by atoms with Crippen LogP contribution in [0.1, 0.15) is 69.9 Å². The summed E-state index contributed by atoms with van der Waals surface area (Å²) in [6.07, 6.45) is 3.96. The van der Waals surface area contributed by atoms with Gasteiger partial charge in [0, 0.05) is 29.0 Å². The number of esters is 2. The largest absolute Gasteiger partial charge is 0.461 e. The molecule has 0 aliphatic heterocycles. The first-order valence-corrected chi connectivity index (χ1v) is 20.5. The Kier molecular flexibility index (Phi) is 10.3. The van der Waals surface area contributed by atoms with Crippen molar-refractivity contribution in [2.24, 2.45) is 46.2 Å². The molecule has 0 spiro atoms. The first-order chi connectivity index (χ1) is 28.0. The van der Waals surface area contributed by atoms with E-state index < -0.39 is 88.0 Å². The third-order valence-corrected chi connectivity index (χ3v) is 14.7. The van der Waals surface area contributed by atoms with E-state index in [1.165, 1.54) is 12.2 Å². The van der Waals surface area contributed by atoms with Crippen LogP contribution in [0.15, 0.2) is 90.5 Å². The predicted octanol–water partition coefficient (Wildman–Crippen LogP) is 5.66. The molecule has 5 N–H and O–H groups in total. The van der Waals surface area contributed by atoms with Gasteiger partial charge in [-0.25, -0.2) is 4.39 Å². The second kappa shape index (κ2) is 14.9. The van der Waals surface area contributed by atoms with Crippen LogP contribution in [0.3, 0.4) is 0 Å². The Balaban J connectivity index is 0.855. The summed E-state index contributed by atoms with van der Waals surface area (Å²) in [6, 6.07) is 20.5. The molecule has 3 aromatic rings. The van der Waals surface area contributed by atoms with Gasteiger partial charge in [-0.1, -0.05) is 80.1 Å². The maximum absolute atomic E-state index is 17.5. The summed E-state index contributed by atoms with van der Waals surface area (Å²) in [5.41, 5.74) is 2.08. The highest BCUT2D eigenvalue weighted by atomic mass is 19.1. The van der Waals surface area contributed by atoms with Crippen LogP contribution >= 0.6 is 0 Å². The Hall–Kier alpha value is -5.04. The van der Waals surface area contributed by atoms with Crippen LogP contribution in [0.2, 0.25) is 0 Å². The van der Waals surface area contributed by atoms with Gasteiger partial charge in [0.25, 0.3) is 0 Å². The lowest BCUT2D eigenvalue weighted by Crippen LogP contribution is -2.69. The zero-order valence-corrected chi connectivity index (χ0v) is 33.5. The van der Waals surface area contributed by atoms with E-state index in [-0.39, 0.29) is 37.7 Å². The Morgan fingerprint density at radius 3 is 2.42 bits per heavy atom. The quantitative estimate of drug-likeness (QED) is 0.177. The molecule has 0 heterocycles. The Morgan fingerprint density at radius 1 is 0.949 bits per heavy atom. The number of nitrogens with one attached hydrogen (secondary N) is 1. The van der Waals surface area contributed by atoms with Crippen molar-refractivity contribution in [1.29, 1.82) is 0 Å². The number of anilines is 1. The standard InChI is InChI=1S/C47H51FN2O9/c1-26-17-38-37-14-12-31-20-33(51)15-16-44(31,2)46(37,48)39(52)22-45(38,3)47(26,57)40(53)25-59-43(56)35-21-34(35)42(55)58-24-27-7-6-10-30(18-27)36(23-49)41(54)50-32-13-11-28-8-4-5-9-29(28)19-32/h4-11,13,15-16,18-20,26,34-39,52,57H,12,14,17,21-25,49H2,1-3H3,(H,50,54)/t26-,34?,35?,36-,37+,38+,39+,44+,45+,46+,47+/m1/s1. The van der Waals surface area contributed by atoms with Crippen molar-refractivity contribution in [3.05, 3.63) is 102 Å². The van der Waals surface area contributed by atoms with E-state index in [0.717, 1.165) is 10.8 Å². The fourth-order valence-corrected chi connectivity index (χ4v) is 11.3. The molecule has 3 aromatic carbocycles. The van der Waals surface area contributed by atoms with Crippen LogP contribution in [-0.4, -0.2) is 70.2 Å². The molecule has 8 rings (SSSR count). The number of Topliss-reactive ketones (excluding diaryl/α,β-unsaturated/α-hetero) is 1. The molecule has 11 nitrogen and oxygen atoms in total. The first kappa shape index (κ1) is 40.7. The van der Waals surface area contributed by atoms with Crippen molar-refractivity contribution in [2.75, 3.05) is 18.5 Å². The van der Waals surface area contributed by atoms with E-state index in [1.807, 2.05) is 42.5 Å². The molecule has 12 heteroatoms. The molecule has 310 valence electrons. The molecule has 5 aliphatic carbocycles. The number of carbonyl (C=O) groups is 5. The third-order valence-electron chi connectivity index (χ3n) is 14.7. The minimum absolute atomic E-state index is 0.0495. The van der Waals surface area contributed by atoms with Crippen LogP contribution in [0.4, 0.5) is 10.1 Å². The topological polar surface area (TPSA) is 182 Å². The summed E-state index contributed by atoms with van der Waals surface area (Å²) in [5.74, 6) is -6.58. The Labute approximate surface area is 342 Å². The van der Waals surface area contributed by atoms with E-state index in [0.29, 0.717) is 41.6 Å². The molecule has 0 aromatic heterocycles. The van der Waals surface area contributed by atoms with E-state index in [2.05, 4.69) is 5.32 Å². The second-order valence-corrected chi connectivity index (χ2v) is 17.8. The number of aliphatic hydroxyl groups excluding tert-OH is 1. The minimum atomic E-state index is -2.11. The van der Waals surface area contributed by atoms with Gasteiger partial charge in [-0.05, 0) is 97.0 Å². The summed E-state index contributed by atoms with van der Waals surface area (Å²) in [7, 11) is 0. The lowest BCUT2D eigenvalue weighted by atomic mass is 9.44. The molecule has 0 bridgehead atoms. The summed E-state index contributed by atoms with van der Waals surface area (Å²) in [6.45, 7) is 4.37. The Morgan fingerprint density at radius 2 is 1.68 bits per heavy atom. The molecule has 0 saturated heterocycles. The number of fused-ring (bicyclic) bond motifs is 6. The average molecular weight is 807 g/mol. The first-order valence-electron chi connectivity index (χ1n) is 20.5. The number of ether oxygens (including phenoxy) is 2. The highest BCUT2D eigenvalue weighted by Crippen LogP contribution is 2.70. The van der Waals surface area contributed by atoms with Crippen LogP contribution in [0, 0.1) is 40.4 Å². The molecule has 59 heavy (non-hydrogen) atoms. The van der Waals surface area contributed by atoms with Crippen LogP contribution < -0.4 is 11.1 Å².